The van der Waals surface area contributed by atoms with Crippen molar-refractivity contribution in [2.75, 3.05) is 34.0 Å². The summed E-state index contributed by atoms with van der Waals surface area (Å²) in [6.45, 7) is 2.09. The average Bonchev–Trinajstić information content (AvgIpc) is 3.02. The van der Waals surface area contributed by atoms with Crippen molar-refractivity contribution in [3.05, 3.63) is 16.4 Å². The van der Waals surface area contributed by atoms with Crippen molar-refractivity contribution < 1.29 is 14.3 Å². The number of carbonyl (C=O) groups is 1. The fraction of sp³-hybridized carbons (Fsp3) is 0.667. The molecule has 0 spiro atoms. The van der Waals surface area contributed by atoms with Crippen LogP contribution in [0.4, 0.5) is 0 Å². The predicted molar refractivity (Wildman–Crippen MR) is 73.3 cm³/mol. The van der Waals surface area contributed by atoms with Gasteiger partial charge in [-0.15, -0.1) is 0 Å². The van der Waals surface area contributed by atoms with Crippen LogP contribution in [0.25, 0.3) is 0 Å². The molecule has 1 N–H and O–H groups in total. The quantitative estimate of drug-likeness (QED) is 0.778. The zero-order chi connectivity index (χ0) is 13.8. The molecule has 1 aromatic rings. The molecule has 2 unspecified atom stereocenters. The number of nitrogens with zero attached hydrogens (tertiary/aromatic N) is 2. The molecule has 19 heavy (non-hydrogen) atoms. The van der Waals surface area contributed by atoms with Gasteiger partial charge >= 0.3 is 0 Å². The first-order chi connectivity index (χ1) is 9.19. The SMILES string of the molecule is CNC1COCC1C(=O)c1c(Br)cnn1CCOC. The molecule has 0 saturated carbocycles. The molecule has 0 bridgehead atoms. The maximum Gasteiger partial charge on any atom is 0.189 e. The Bertz CT molecular complexity index is 449. The maximum absolute atomic E-state index is 12.6. The van der Waals surface area contributed by atoms with Gasteiger partial charge in [0, 0.05) is 13.2 Å². The number of carbonyl (C=O) groups excluding carboxylic acids is 1. The van der Waals surface area contributed by atoms with Gasteiger partial charge < -0.3 is 14.8 Å². The van der Waals surface area contributed by atoms with Crippen molar-refractivity contribution in [1.82, 2.24) is 15.1 Å². The van der Waals surface area contributed by atoms with Crippen molar-refractivity contribution in [1.29, 1.82) is 0 Å². The lowest BCUT2D eigenvalue weighted by molar-refractivity contribution is 0.0877. The Kier molecular flexibility index (Phi) is 5.09. The number of Topliss-reactive ketones (excluding diaryl/α,β-unsaturated/α-hetero) is 1. The number of hydrogen-bond acceptors (Lipinski definition) is 5. The van der Waals surface area contributed by atoms with Crippen molar-refractivity contribution in [3.8, 4) is 0 Å². The van der Waals surface area contributed by atoms with Gasteiger partial charge in [-0.1, -0.05) is 0 Å². The summed E-state index contributed by atoms with van der Waals surface area (Å²) in [5.74, 6) is -0.114. The summed E-state index contributed by atoms with van der Waals surface area (Å²) in [4.78, 5) is 12.6. The van der Waals surface area contributed by atoms with E-state index >= 15 is 0 Å². The topological polar surface area (TPSA) is 65.4 Å². The second-order valence-corrected chi connectivity index (χ2v) is 5.31. The van der Waals surface area contributed by atoms with Gasteiger partial charge in [-0.05, 0) is 23.0 Å². The highest BCUT2D eigenvalue weighted by molar-refractivity contribution is 9.10. The summed E-state index contributed by atoms with van der Waals surface area (Å²) in [6.07, 6.45) is 1.65. The van der Waals surface area contributed by atoms with Crippen LogP contribution in [0.3, 0.4) is 0 Å². The molecule has 106 valence electrons. The number of ether oxygens (including phenoxy) is 2. The second-order valence-electron chi connectivity index (χ2n) is 4.46. The van der Waals surface area contributed by atoms with Gasteiger partial charge in [-0.3, -0.25) is 9.48 Å². The van der Waals surface area contributed by atoms with Gasteiger partial charge in [0.25, 0.3) is 0 Å². The van der Waals surface area contributed by atoms with Gasteiger partial charge in [0.05, 0.1) is 43.0 Å². The summed E-state index contributed by atoms with van der Waals surface area (Å²) in [5, 5.41) is 7.33. The van der Waals surface area contributed by atoms with E-state index in [0.29, 0.717) is 32.1 Å². The average molecular weight is 332 g/mol. The number of nitrogens with one attached hydrogen (secondary N) is 1. The summed E-state index contributed by atoms with van der Waals surface area (Å²) >= 11 is 3.39. The van der Waals surface area contributed by atoms with E-state index in [1.807, 2.05) is 7.05 Å². The molecule has 0 aromatic carbocycles. The van der Waals surface area contributed by atoms with Gasteiger partial charge in [-0.2, -0.15) is 5.10 Å². The van der Waals surface area contributed by atoms with E-state index in [2.05, 4.69) is 26.3 Å². The molecule has 0 amide bonds. The van der Waals surface area contributed by atoms with Crippen LogP contribution >= 0.6 is 15.9 Å². The minimum absolute atomic E-state index is 0.0531. The van der Waals surface area contributed by atoms with Crippen molar-refractivity contribution in [2.45, 2.75) is 12.6 Å². The Morgan fingerprint density at radius 1 is 1.68 bits per heavy atom. The lowest BCUT2D eigenvalue weighted by Crippen LogP contribution is -2.37. The molecule has 1 aromatic heterocycles. The smallest absolute Gasteiger partial charge is 0.189 e. The number of halogens is 1. The van der Waals surface area contributed by atoms with Crippen LogP contribution < -0.4 is 5.32 Å². The Labute approximate surface area is 120 Å². The van der Waals surface area contributed by atoms with Gasteiger partial charge in [0.15, 0.2) is 5.78 Å². The van der Waals surface area contributed by atoms with E-state index in [1.165, 1.54) is 0 Å². The van der Waals surface area contributed by atoms with Crippen molar-refractivity contribution >= 4 is 21.7 Å². The second kappa shape index (κ2) is 6.60. The lowest BCUT2D eigenvalue weighted by atomic mass is 9.96. The molecule has 2 atom stereocenters. The van der Waals surface area contributed by atoms with Crippen LogP contribution in [-0.2, 0) is 16.0 Å². The van der Waals surface area contributed by atoms with Gasteiger partial charge in [0.1, 0.15) is 5.69 Å². The van der Waals surface area contributed by atoms with Crippen LogP contribution in [0.1, 0.15) is 10.5 Å². The van der Waals surface area contributed by atoms with E-state index < -0.39 is 0 Å². The van der Waals surface area contributed by atoms with E-state index in [0.717, 1.165) is 4.47 Å². The third-order valence-corrected chi connectivity index (χ3v) is 3.90. The summed E-state index contributed by atoms with van der Waals surface area (Å²) in [5.41, 5.74) is 0.591. The third kappa shape index (κ3) is 3.05. The van der Waals surface area contributed by atoms with E-state index in [4.69, 9.17) is 9.47 Å². The molecule has 1 aliphatic heterocycles. The Morgan fingerprint density at radius 2 is 2.47 bits per heavy atom. The van der Waals surface area contributed by atoms with E-state index in [9.17, 15) is 4.79 Å². The van der Waals surface area contributed by atoms with Crippen LogP contribution in [0.2, 0.25) is 0 Å². The molecule has 6 nitrogen and oxygen atoms in total. The normalized spacial score (nSPS) is 22.9. The summed E-state index contributed by atoms with van der Waals surface area (Å²) < 4.78 is 12.8. The molecule has 1 saturated heterocycles. The third-order valence-electron chi connectivity index (χ3n) is 3.32. The number of likely N-dealkylation sites (N-methyl/N-ethyl adjacent to an activating group) is 1. The van der Waals surface area contributed by atoms with Crippen LogP contribution in [0, 0.1) is 5.92 Å². The molecule has 2 heterocycles. The van der Waals surface area contributed by atoms with E-state index in [-0.39, 0.29) is 17.7 Å². The molecular weight excluding hydrogens is 314 g/mol. The Morgan fingerprint density at radius 3 is 3.16 bits per heavy atom. The molecule has 0 aliphatic carbocycles. The number of methoxy groups -OCH3 is 1. The molecule has 7 heteroatoms. The fourth-order valence-electron chi connectivity index (χ4n) is 2.23. The Balaban J connectivity index is 2.20. The van der Waals surface area contributed by atoms with Crippen LogP contribution in [-0.4, -0.2) is 55.6 Å². The minimum atomic E-state index is -0.167. The van der Waals surface area contributed by atoms with Gasteiger partial charge in [0.2, 0.25) is 0 Å². The first-order valence-corrected chi connectivity index (χ1v) is 6.97. The van der Waals surface area contributed by atoms with E-state index in [1.54, 1.807) is 18.0 Å². The van der Waals surface area contributed by atoms with Gasteiger partial charge in [-0.25, -0.2) is 0 Å². The molecule has 1 fully saturated rings. The fourth-order valence-corrected chi connectivity index (χ4v) is 2.72. The van der Waals surface area contributed by atoms with Crippen LogP contribution in [0.5, 0.6) is 0 Å². The zero-order valence-electron chi connectivity index (χ0n) is 11.1. The number of ketones is 1. The number of aromatic nitrogens is 2. The predicted octanol–water partition coefficient (Wildman–Crippen LogP) is 0.709. The Hall–Kier alpha value is -0.760. The lowest BCUT2D eigenvalue weighted by Gasteiger charge is -2.16. The summed E-state index contributed by atoms with van der Waals surface area (Å²) in [7, 11) is 3.47. The monoisotopic (exact) mass is 331 g/mol. The number of hydrogen-bond donors (Lipinski definition) is 1. The van der Waals surface area contributed by atoms with Crippen molar-refractivity contribution in [3.63, 3.8) is 0 Å². The largest absolute Gasteiger partial charge is 0.383 e. The molecule has 0 radical (unpaired) electrons. The first kappa shape index (κ1) is 14.6. The minimum Gasteiger partial charge on any atom is -0.383 e. The van der Waals surface area contributed by atoms with Crippen LogP contribution in [0.15, 0.2) is 10.7 Å². The number of rotatable bonds is 6. The van der Waals surface area contributed by atoms with Crippen molar-refractivity contribution in [2.24, 2.45) is 5.92 Å². The highest BCUT2D eigenvalue weighted by atomic mass is 79.9. The summed E-state index contributed by atoms with van der Waals surface area (Å²) in [6, 6.07) is 0.0603. The molecular formula is C12H18BrN3O3. The standard InChI is InChI=1S/C12H18BrN3O3/c1-14-10-7-19-6-8(10)12(17)11-9(13)5-15-16(11)3-4-18-2/h5,8,10,14H,3-4,6-7H2,1-2H3. The maximum atomic E-state index is 12.6. The first-order valence-electron chi connectivity index (χ1n) is 6.18. The molecule has 2 rings (SSSR count). The molecule has 1 aliphatic rings. The highest BCUT2D eigenvalue weighted by Gasteiger charge is 2.35. The zero-order valence-corrected chi connectivity index (χ0v) is 12.6. The highest BCUT2D eigenvalue weighted by Crippen LogP contribution is 2.24.